The molecule has 0 aliphatic rings. The molecule has 0 atom stereocenters. The number of ether oxygens (including phenoxy) is 2. The number of halogens is 3. The predicted octanol–water partition coefficient (Wildman–Crippen LogP) is 7.29. The molecule has 1 N–H and O–H groups in total. The van der Waals surface area contributed by atoms with Crippen molar-refractivity contribution in [3.8, 4) is 34.1 Å². The minimum Gasteiger partial charge on any atom is -0.496 e. The smallest absolute Gasteiger partial charge is 0.138 e. The van der Waals surface area contributed by atoms with Crippen LogP contribution in [0.25, 0.3) is 22.6 Å². The molecule has 0 saturated heterocycles. The van der Waals surface area contributed by atoms with E-state index in [9.17, 15) is 0 Å². The molecule has 0 fully saturated rings. The van der Waals surface area contributed by atoms with E-state index < -0.39 is 0 Å². The Hall–Kier alpha value is -2.66. The first-order chi connectivity index (χ1) is 14.5. The van der Waals surface area contributed by atoms with Gasteiger partial charge in [0.25, 0.3) is 0 Å². The van der Waals surface area contributed by atoms with Crippen LogP contribution < -0.4 is 9.47 Å². The maximum Gasteiger partial charge on any atom is 0.138 e. The summed E-state index contributed by atoms with van der Waals surface area (Å²) in [5, 5.41) is 1.80. The molecule has 1 heterocycles. The van der Waals surface area contributed by atoms with Crippen molar-refractivity contribution in [2.75, 3.05) is 7.11 Å². The van der Waals surface area contributed by atoms with Gasteiger partial charge in [0, 0.05) is 38.5 Å². The van der Waals surface area contributed by atoms with Gasteiger partial charge in [-0.05, 0) is 48.0 Å². The van der Waals surface area contributed by atoms with Gasteiger partial charge in [0.1, 0.15) is 23.9 Å². The van der Waals surface area contributed by atoms with Crippen molar-refractivity contribution in [3.05, 3.63) is 87.5 Å². The molecule has 152 valence electrons. The van der Waals surface area contributed by atoms with Crippen LogP contribution in [0, 0.1) is 0 Å². The third-order valence-electron chi connectivity index (χ3n) is 4.48. The predicted molar refractivity (Wildman–Crippen MR) is 122 cm³/mol. The summed E-state index contributed by atoms with van der Waals surface area (Å²) in [5.74, 6) is 2.02. The van der Waals surface area contributed by atoms with Gasteiger partial charge < -0.3 is 14.5 Å². The molecular weight excluding hydrogens is 443 g/mol. The van der Waals surface area contributed by atoms with Gasteiger partial charge in [0.05, 0.1) is 12.8 Å². The standard InChI is InChI=1S/C23H17Cl3N2O2/c1-29-22-11-19(30-13-14-2-4-16(24)5-3-14)6-7-20(22)21-12-27-23(28-21)15-8-17(25)10-18(26)9-15/h2-12H,13H2,1H3,(H,27,28). The van der Waals surface area contributed by atoms with Crippen LogP contribution in [0.4, 0.5) is 0 Å². The van der Waals surface area contributed by atoms with E-state index in [2.05, 4.69) is 9.97 Å². The lowest BCUT2D eigenvalue weighted by atomic mass is 10.1. The summed E-state index contributed by atoms with van der Waals surface area (Å²) in [4.78, 5) is 7.83. The number of nitrogens with one attached hydrogen (secondary N) is 1. The van der Waals surface area contributed by atoms with Gasteiger partial charge in [-0.3, -0.25) is 0 Å². The molecule has 4 nitrogen and oxygen atoms in total. The molecule has 4 rings (SSSR count). The first-order valence-electron chi connectivity index (χ1n) is 9.09. The van der Waals surface area contributed by atoms with E-state index >= 15 is 0 Å². The van der Waals surface area contributed by atoms with E-state index in [1.165, 1.54) is 0 Å². The van der Waals surface area contributed by atoms with Crippen molar-refractivity contribution >= 4 is 34.8 Å². The quantitative estimate of drug-likeness (QED) is 0.329. The average molecular weight is 460 g/mol. The van der Waals surface area contributed by atoms with Crippen LogP contribution in [0.5, 0.6) is 11.5 Å². The second-order valence-electron chi connectivity index (χ2n) is 6.57. The van der Waals surface area contributed by atoms with Gasteiger partial charge in [-0.15, -0.1) is 0 Å². The number of nitrogens with zero attached hydrogens (tertiary/aromatic N) is 1. The van der Waals surface area contributed by atoms with Crippen LogP contribution in [0.3, 0.4) is 0 Å². The summed E-state index contributed by atoms with van der Waals surface area (Å²) < 4.78 is 11.5. The van der Waals surface area contributed by atoms with Crippen molar-refractivity contribution < 1.29 is 9.47 Å². The Bertz CT molecular complexity index is 1150. The van der Waals surface area contributed by atoms with Gasteiger partial charge in [-0.1, -0.05) is 46.9 Å². The zero-order valence-corrected chi connectivity index (χ0v) is 18.2. The van der Waals surface area contributed by atoms with Crippen molar-refractivity contribution in [2.45, 2.75) is 6.61 Å². The molecule has 7 heteroatoms. The molecule has 3 aromatic carbocycles. The van der Waals surface area contributed by atoms with E-state index in [0.29, 0.717) is 39.0 Å². The van der Waals surface area contributed by atoms with E-state index in [-0.39, 0.29) is 0 Å². The second kappa shape index (κ2) is 9.00. The third-order valence-corrected chi connectivity index (χ3v) is 5.17. The highest BCUT2D eigenvalue weighted by Crippen LogP contribution is 2.34. The number of benzene rings is 3. The molecule has 0 saturated carbocycles. The van der Waals surface area contributed by atoms with Gasteiger partial charge >= 0.3 is 0 Å². The van der Waals surface area contributed by atoms with Crippen molar-refractivity contribution in [1.82, 2.24) is 9.97 Å². The summed E-state index contributed by atoms with van der Waals surface area (Å²) in [6.07, 6.45) is 1.82. The molecule has 0 radical (unpaired) electrons. The normalized spacial score (nSPS) is 10.8. The van der Waals surface area contributed by atoms with Crippen LogP contribution in [0.15, 0.2) is 66.9 Å². The van der Waals surface area contributed by atoms with Crippen LogP contribution in [-0.2, 0) is 6.61 Å². The molecule has 0 aliphatic carbocycles. The van der Waals surface area contributed by atoms with Crippen LogP contribution in [0.2, 0.25) is 15.1 Å². The number of hydrogen-bond acceptors (Lipinski definition) is 3. The Kier molecular flexibility index (Phi) is 6.18. The van der Waals surface area contributed by atoms with E-state index in [4.69, 9.17) is 44.3 Å². The molecule has 1 aromatic heterocycles. The number of hydrogen-bond donors (Lipinski definition) is 1. The maximum absolute atomic E-state index is 6.10. The lowest BCUT2D eigenvalue weighted by Crippen LogP contribution is -1.96. The highest BCUT2D eigenvalue weighted by Gasteiger charge is 2.13. The fourth-order valence-electron chi connectivity index (χ4n) is 3.02. The minimum absolute atomic E-state index is 0.432. The van der Waals surface area contributed by atoms with Crippen molar-refractivity contribution in [3.63, 3.8) is 0 Å². The van der Waals surface area contributed by atoms with Gasteiger partial charge in [-0.25, -0.2) is 4.98 Å². The topological polar surface area (TPSA) is 47.1 Å². The lowest BCUT2D eigenvalue weighted by molar-refractivity contribution is 0.304. The molecular formula is C23H17Cl3N2O2. The summed E-state index contributed by atoms with van der Waals surface area (Å²) >= 11 is 18.1. The first kappa shape index (κ1) is 20.6. The molecule has 4 aromatic rings. The molecule has 0 unspecified atom stereocenters. The summed E-state index contributed by atoms with van der Waals surface area (Å²) in [7, 11) is 1.62. The third kappa shape index (κ3) is 4.73. The maximum atomic E-state index is 6.10. The zero-order chi connectivity index (χ0) is 21.1. The SMILES string of the molecule is COc1cc(OCc2ccc(Cl)cc2)ccc1-c1c[nH]c(-c2cc(Cl)cc(Cl)c2)n1. The Morgan fingerprint density at radius 3 is 2.30 bits per heavy atom. The number of methoxy groups -OCH3 is 1. The fraction of sp³-hybridized carbons (Fsp3) is 0.0870. The number of rotatable bonds is 6. The summed E-state index contributed by atoms with van der Waals surface area (Å²) in [5.41, 5.74) is 3.41. The number of H-pyrrole nitrogens is 1. The largest absolute Gasteiger partial charge is 0.496 e. The van der Waals surface area contributed by atoms with E-state index in [0.717, 1.165) is 22.4 Å². The summed E-state index contributed by atoms with van der Waals surface area (Å²) in [6.45, 7) is 0.432. The highest BCUT2D eigenvalue weighted by molar-refractivity contribution is 6.35. The number of aromatic amines is 1. The molecule has 0 spiro atoms. The second-order valence-corrected chi connectivity index (χ2v) is 7.88. The Morgan fingerprint density at radius 2 is 1.60 bits per heavy atom. The molecule has 0 aliphatic heterocycles. The minimum atomic E-state index is 0.432. The van der Waals surface area contributed by atoms with Gasteiger partial charge in [0.2, 0.25) is 0 Å². The highest BCUT2D eigenvalue weighted by atomic mass is 35.5. The molecule has 30 heavy (non-hydrogen) atoms. The fourth-order valence-corrected chi connectivity index (χ4v) is 3.67. The first-order valence-corrected chi connectivity index (χ1v) is 10.2. The van der Waals surface area contributed by atoms with Crippen molar-refractivity contribution in [1.29, 1.82) is 0 Å². The molecule has 0 amide bonds. The van der Waals surface area contributed by atoms with Crippen LogP contribution in [0.1, 0.15) is 5.56 Å². The lowest BCUT2D eigenvalue weighted by Gasteiger charge is -2.11. The van der Waals surface area contributed by atoms with E-state index in [1.807, 2.05) is 48.7 Å². The average Bonchev–Trinajstić information content (AvgIpc) is 3.22. The van der Waals surface area contributed by atoms with Crippen LogP contribution >= 0.6 is 34.8 Å². The number of aromatic nitrogens is 2. The van der Waals surface area contributed by atoms with Crippen molar-refractivity contribution in [2.24, 2.45) is 0 Å². The molecule has 0 bridgehead atoms. The Balaban J connectivity index is 1.56. The summed E-state index contributed by atoms with van der Waals surface area (Å²) in [6, 6.07) is 18.5. The Morgan fingerprint density at radius 1 is 0.867 bits per heavy atom. The Labute approximate surface area is 189 Å². The number of imidazole rings is 1. The van der Waals surface area contributed by atoms with Gasteiger partial charge in [0.15, 0.2) is 0 Å². The zero-order valence-electron chi connectivity index (χ0n) is 16.0. The van der Waals surface area contributed by atoms with Crippen LogP contribution in [-0.4, -0.2) is 17.1 Å². The van der Waals surface area contributed by atoms with E-state index in [1.54, 1.807) is 25.3 Å². The van der Waals surface area contributed by atoms with Gasteiger partial charge in [-0.2, -0.15) is 0 Å². The monoisotopic (exact) mass is 458 g/mol.